The molecule has 1 aromatic carbocycles. The predicted octanol–water partition coefficient (Wildman–Crippen LogP) is 2.34. The number of carbonyl (C=O) groups excluding carboxylic acids is 1. The molecule has 0 bridgehead atoms. The molecule has 0 saturated carbocycles. The van der Waals surface area contributed by atoms with E-state index in [9.17, 15) is 4.79 Å². The lowest BCUT2D eigenvalue weighted by Crippen LogP contribution is -2.30. The van der Waals surface area contributed by atoms with Gasteiger partial charge >= 0.3 is 0 Å². The van der Waals surface area contributed by atoms with Crippen LogP contribution >= 0.6 is 23.8 Å². The van der Waals surface area contributed by atoms with Gasteiger partial charge in [-0.1, -0.05) is 23.8 Å². The van der Waals surface area contributed by atoms with Gasteiger partial charge in [-0.05, 0) is 31.0 Å². The van der Waals surface area contributed by atoms with Crippen molar-refractivity contribution in [2.75, 3.05) is 18.5 Å². The van der Waals surface area contributed by atoms with Crippen LogP contribution in [0.25, 0.3) is 0 Å². The lowest BCUT2D eigenvalue weighted by molar-refractivity contribution is -0.123. The fraction of sp³-hybridized carbons (Fsp3) is 0.385. The molecule has 4 nitrogen and oxygen atoms in total. The maximum absolute atomic E-state index is 12.0. The van der Waals surface area contributed by atoms with E-state index in [0.29, 0.717) is 22.9 Å². The number of nitrogens with two attached hydrogens (primary N) is 1. The summed E-state index contributed by atoms with van der Waals surface area (Å²) in [6.45, 7) is 1.20. The van der Waals surface area contributed by atoms with E-state index in [1.807, 2.05) is 0 Å². The molecule has 1 aliphatic heterocycles. The van der Waals surface area contributed by atoms with Crippen molar-refractivity contribution >= 4 is 40.4 Å². The van der Waals surface area contributed by atoms with Crippen LogP contribution < -0.4 is 11.1 Å². The molecule has 19 heavy (non-hydrogen) atoms. The van der Waals surface area contributed by atoms with Crippen molar-refractivity contribution in [3.8, 4) is 0 Å². The number of hydrogen-bond acceptors (Lipinski definition) is 3. The first-order chi connectivity index (χ1) is 9.08. The fourth-order valence-electron chi connectivity index (χ4n) is 1.95. The number of halogens is 1. The molecule has 3 N–H and O–H groups in total. The largest absolute Gasteiger partial charge is 0.389 e. The monoisotopic (exact) mass is 298 g/mol. The van der Waals surface area contributed by atoms with Gasteiger partial charge in [-0.3, -0.25) is 4.79 Å². The molecule has 1 amide bonds. The van der Waals surface area contributed by atoms with Gasteiger partial charge < -0.3 is 15.8 Å². The van der Waals surface area contributed by atoms with Crippen LogP contribution in [0.5, 0.6) is 0 Å². The third kappa shape index (κ3) is 3.65. The van der Waals surface area contributed by atoms with E-state index in [-0.39, 0.29) is 16.8 Å². The molecule has 1 unspecified atom stereocenters. The van der Waals surface area contributed by atoms with Crippen LogP contribution in [0.15, 0.2) is 18.2 Å². The molecule has 1 aliphatic rings. The van der Waals surface area contributed by atoms with Crippen LogP contribution in [0.2, 0.25) is 5.02 Å². The second kappa shape index (κ2) is 6.32. The first kappa shape index (κ1) is 14.2. The van der Waals surface area contributed by atoms with E-state index in [2.05, 4.69) is 5.32 Å². The number of carbonyl (C=O) groups is 1. The number of anilines is 1. The zero-order valence-electron chi connectivity index (χ0n) is 10.3. The highest BCUT2D eigenvalue weighted by Crippen LogP contribution is 2.24. The minimum atomic E-state index is -0.111. The maximum Gasteiger partial charge on any atom is 0.229 e. The fourth-order valence-corrected chi connectivity index (χ4v) is 2.31. The molecule has 1 aromatic rings. The predicted molar refractivity (Wildman–Crippen MR) is 79.5 cm³/mol. The molecular formula is C13H15ClN2O2S. The van der Waals surface area contributed by atoms with Crippen molar-refractivity contribution in [1.82, 2.24) is 0 Å². The van der Waals surface area contributed by atoms with Crippen LogP contribution in [-0.4, -0.2) is 24.1 Å². The molecule has 0 radical (unpaired) electrons. The minimum absolute atomic E-state index is 0.0651. The van der Waals surface area contributed by atoms with Crippen molar-refractivity contribution in [3.63, 3.8) is 0 Å². The average molecular weight is 299 g/mol. The Morgan fingerprint density at radius 2 is 2.32 bits per heavy atom. The van der Waals surface area contributed by atoms with Crippen LogP contribution in [-0.2, 0) is 9.53 Å². The smallest absolute Gasteiger partial charge is 0.229 e. The summed E-state index contributed by atoms with van der Waals surface area (Å²) in [5.74, 6) is -0.176. The summed E-state index contributed by atoms with van der Waals surface area (Å²) >= 11 is 11.0. The molecule has 102 valence electrons. The van der Waals surface area contributed by atoms with Crippen LogP contribution in [0.1, 0.15) is 18.4 Å². The first-order valence-electron chi connectivity index (χ1n) is 6.06. The SMILES string of the molecule is NC(=S)c1ccc(NC(=O)C2CCCOC2)c(Cl)c1. The second-order valence-corrected chi connectivity index (χ2v) is 5.31. The molecule has 0 aliphatic carbocycles. The Labute approximate surface area is 122 Å². The summed E-state index contributed by atoms with van der Waals surface area (Å²) in [5.41, 5.74) is 6.77. The topological polar surface area (TPSA) is 64.3 Å². The van der Waals surface area contributed by atoms with E-state index in [1.54, 1.807) is 18.2 Å². The number of thiocarbonyl (C=S) groups is 1. The van der Waals surface area contributed by atoms with Crippen LogP contribution in [0.3, 0.4) is 0 Å². The Kier molecular flexibility index (Phi) is 4.74. The normalized spacial score (nSPS) is 18.9. The van der Waals surface area contributed by atoms with Crippen molar-refractivity contribution in [3.05, 3.63) is 28.8 Å². The van der Waals surface area contributed by atoms with Crippen molar-refractivity contribution in [2.45, 2.75) is 12.8 Å². The van der Waals surface area contributed by atoms with Gasteiger partial charge in [0.1, 0.15) is 4.99 Å². The van der Waals surface area contributed by atoms with Crippen molar-refractivity contribution in [1.29, 1.82) is 0 Å². The van der Waals surface area contributed by atoms with Gasteiger partial charge in [-0.15, -0.1) is 0 Å². The Bertz CT molecular complexity index is 501. The average Bonchev–Trinajstić information content (AvgIpc) is 2.41. The van der Waals surface area contributed by atoms with E-state index >= 15 is 0 Å². The van der Waals surface area contributed by atoms with Gasteiger partial charge in [-0.2, -0.15) is 0 Å². The summed E-state index contributed by atoms with van der Waals surface area (Å²) in [6.07, 6.45) is 1.75. The zero-order chi connectivity index (χ0) is 13.8. The molecule has 2 rings (SSSR count). The lowest BCUT2D eigenvalue weighted by Gasteiger charge is -2.21. The standard InChI is InChI=1S/C13H15ClN2O2S/c14-10-6-8(12(15)19)3-4-11(10)16-13(17)9-2-1-5-18-7-9/h3-4,6,9H,1-2,5,7H2,(H2,15,19)(H,16,17). The van der Waals surface area contributed by atoms with Crippen LogP contribution in [0, 0.1) is 5.92 Å². The van der Waals surface area contributed by atoms with Crippen molar-refractivity contribution in [2.24, 2.45) is 11.7 Å². The van der Waals surface area contributed by atoms with Gasteiger partial charge in [-0.25, -0.2) is 0 Å². The third-order valence-electron chi connectivity index (χ3n) is 3.04. The highest BCUT2D eigenvalue weighted by molar-refractivity contribution is 7.80. The summed E-state index contributed by atoms with van der Waals surface area (Å²) in [6, 6.07) is 5.09. The first-order valence-corrected chi connectivity index (χ1v) is 6.84. The molecule has 1 heterocycles. The van der Waals surface area contributed by atoms with E-state index in [4.69, 9.17) is 34.3 Å². The molecule has 1 fully saturated rings. The zero-order valence-corrected chi connectivity index (χ0v) is 11.9. The van der Waals surface area contributed by atoms with E-state index in [0.717, 1.165) is 19.4 Å². The van der Waals surface area contributed by atoms with E-state index < -0.39 is 0 Å². The highest BCUT2D eigenvalue weighted by atomic mass is 35.5. The Hall–Kier alpha value is -1.17. The Balaban J connectivity index is 2.06. The lowest BCUT2D eigenvalue weighted by atomic mass is 10.0. The molecule has 1 atom stereocenters. The van der Waals surface area contributed by atoms with Gasteiger partial charge in [0.15, 0.2) is 0 Å². The summed E-state index contributed by atoms with van der Waals surface area (Å²) in [4.78, 5) is 12.3. The van der Waals surface area contributed by atoms with Gasteiger partial charge in [0.05, 0.1) is 23.2 Å². The van der Waals surface area contributed by atoms with Gasteiger partial charge in [0.2, 0.25) is 5.91 Å². The Morgan fingerprint density at radius 3 is 2.89 bits per heavy atom. The number of benzene rings is 1. The number of hydrogen-bond donors (Lipinski definition) is 2. The number of amides is 1. The molecule has 0 aromatic heterocycles. The van der Waals surface area contributed by atoms with Crippen molar-refractivity contribution < 1.29 is 9.53 Å². The minimum Gasteiger partial charge on any atom is -0.389 e. The van der Waals surface area contributed by atoms with Gasteiger partial charge in [0.25, 0.3) is 0 Å². The summed E-state index contributed by atoms with van der Waals surface area (Å²) in [7, 11) is 0. The van der Waals surface area contributed by atoms with Crippen LogP contribution in [0.4, 0.5) is 5.69 Å². The highest BCUT2D eigenvalue weighted by Gasteiger charge is 2.22. The second-order valence-electron chi connectivity index (χ2n) is 4.46. The summed E-state index contributed by atoms with van der Waals surface area (Å²) < 4.78 is 5.29. The maximum atomic E-state index is 12.0. The molecule has 0 spiro atoms. The van der Waals surface area contributed by atoms with E-state index in [1.165, 1.54) is 0 Å². The van der Waals surface area contributed by atoms with Gasteiger partial charge in [0, 0.05) is 12.2 Å². The number of ether oxygens (including phenoxy) is 1. The summed E-state index contributed by atoms with van der Waals surface area (Å²) in [5, 5.41) is 3.24. The molecular weight excluding hydrogens is 284 g/mol. The number of nitrogens with one attached hydrogen (secondary N) is 1. The molecule has 6 heteroatoms. The third-order valence-corrected chi connectivity index (χ3v) is 3.59. The Morgan fingerprint density at radius 1 is 1.53 bits per heavy atom. The molecule has 1 saturated heterocycles. The quantitative estimate of drug-likeness (QED) is 0.841. The number of rotatable bonds is 3.